The van der Waals surface area contributed by atoms with Crippen molar-refractivity contribution in [3.05, 3.63) is 12.3 Å². The summed E-state index contributed by atoms with van der Waals surface area (Å²) in [5.74, 6) is -1.27. The second-order valence-corrected chi connectivity index (χ2v) is 9.94. The molecule has 1 amide bonds. The molecule has 0 aromatic carbocycles. The van der Waals surface area contributed by atoms with Gasteiger partial charge in [-0.25, -0.2) is 4.57 Å². The van der Waals surface area contributed by atoms with Crippen molar-refractivity contribution < 1.29 is 46.7 Å². The summed E-state index contributed by atoms with van der Waals surface area (Å²) in [4.78, 5) is 36.8. The molecule has 6 atom stereocenters. The molecule has 12 nitrogen and oxygen atoms in total. The molecule has 0 radical (unpaired) electrons. The summed E-state index contributed by atoms with van der Waals surface area (Å²) in [6.07, 6.45) is -1.42. The number of methoxy groups -OCH3 is 1. The van der Waals surface area contributed by atoms with Gasteiger partial charge in [-0.2, -0.15) is 0 Å². The van der Waals surface area contributed by atoms with E-state index in [4.69, 9.17) is 33.5 Å². The Morgan fingerprint density at radius 2 is 2.12 bits per heavy atom. The van der Waals surface area contributed by atoms with Gasteiger partial charge in [0.15, 0.2) is 12.0 Å². The van der Waals surface area contributed by atoms with E-state index >= 15 is 0 Å². The third-order valence-corrected chi connectivity index (χ3v) is 6.64. The van der Waals surface area contributed by atoms with Gasteiger partial charge in [0.2, 0.25) is 5.91 Å². The van der Waals surface area contributed by atoms with Gasteiger partial charge in [0.05, 0.1) is 43.8 Å². The van der Waals surface area contributed by atoms with Crippen molar-refractivity contribution in [2.75, 3.05) is 20.3 Å². The number of hydrogen-bond acceptors (Lipinski definition) is 11. The lowest BCUT2D eigenvalue weighted by Gasteiger charge is -2.38. The molecule has 0 unspecified atom stereocenters. The fourth-order valence-corrected chi connectivity index (χ4v) is 5.15. The monoisotopic (exact) mass is 476 g/mol. The average molecular weight is 476 g/mol. The number of amides is 1. The number of carbonyl (C=O) groups is 3. The van der Waals surface area contributed by atoms with Crippen LogP contribution in [0.4, 0.5) is 0 Å². The van der Waals surface area contributed by atoms with E-state index in [0.717, 1.165) is 0 Å². The Morgan fingerprint density at radius 1 is 1.41 bits per heavy atom. The van der Waals surface area contributed by atoms with Crippen molar-refractivity contribution in [1.29, 1.82) is 0 Å². The molecule has 0 bridgehead atoms. The van der Waals surface area contributed by atoms with Crippen LogP contribution in [0, 0.1) is 0 Å². The SMILES string of the molecule is CO[C@H](CO[P@]1(=O)OC[C@H]2O[C@@H](N3C=CC(=O)CC3=O)[C@](C)(N)[C@@H]2O1)CC(=O)OC(C)C. The first-order valence-electron chi connectivity index (χ1n) is 10.2. The number of nitrogens with zero attached hydrogens (tertiary/aromatic N) is 1. The standard InChI is InChI=1S/C19H29N2O10P/c1-11(2)29-16(24)8-13(26-4)9-27-32(25)28-10-14-17(31-32)19(3,20)18(30-14)21-6-5-12(22)7-15(21)23/h5-6,11,13-14,17-18H,7-10,20H2,1-4H3/t13-,14+,17+,18+,19+,32+/m0/s1. The molecule has 0 aromatic heterocycles. The molecular weight excluding hydrogens is 447 g/mol. The average Bonchev–Trinajstić information content (AvgIpc) is 2.95. The number of fused-ring (bicyclic) bond motifs is 1. The van der Waals surface area contributed by atoms with Gasteiger partial charge in [0.1, 0.15) is 12.2 Å². The largest absolute Gasteiger partial charge is 0.475 e. The fraction of sp³-hybridized carbons (Fsp3) is 0.737. The second-order valence-electron chi connectivity index (χ2n) is 8.32. The Balaban J connectivity index is 1.64. The minimum atomic E-state index is -4.06. The van der Waals surface area contributed by atoms with Crippen molar-refractivity contribution in [2.24, 2.45) is 5.73 Å². The molecule has 180 valence electrons. The third kappa shape index (κ3) is 5.45. The van der Waals surface area contributed by atoms with Gasteiger partial charge in [-0.3, -0.25) is 32.9 Å². The van der Waals surface area contributed by atoms with Crippen molar-refractivity contribution in [3.63, 3.8) is 0 Å². The van der Waals surface area contributed by atoms with E-state index in [0.29, 0.717) is 0 Å². The zero-order valence-electron chi connectivity index (χ0n) is 18.4. The molecule has 2 saturated heterocycles. The number of ketones is 1. The number of ether oxygens (including phenoxy) is 3. The van der Waals surface area contributed by atoms with Gasteiger partial charge in [0.25, 0.3) is 0 Å². The molecule has 0 aliphatic carbocycles. The predicted octanol–water partition coefficient (Wildman–Crippen LogP) is 0.641. The number of allylic oxidation sites excluding steroid dienone is 1. The second kappa shape index (κ2) is 9.68. The van der Waals surface area contributed by atoms with E-state index in [1.807, 2.05) is 0 Å². The molecule has 13 heteroatoms. The Kier molecular flexibility index (Phi) is 7.55. The summed E-state index contributed by atoms with van der Waals surface area (Å²) in [6, 6.07) is 0. The van der Waals surface area contributed by atoms with Crippen LogP contribution in [0.2, 0.25) is 0 Å². The van der Waals surface area contributed by atoms with Crippen LogP contribution < -0.4 is 5.73 Å². The highest BCUT2D eigenvalue weighted by Crippen LogP contribution is 2.57. The number of phosphoric ester groups is 1. The normalized spacial score (nSPS) is 35.8. The van der Waals surface area contributed by atoms with Crippen LogP contribution >= 0.6 is 7.82 Å². The number of esters is 1. The van der Waals surface area contributed by atoms with E-state index in [2.05, 4.69) is 0 Å². The molecule has 0 saturated carbocycles. The Morgan fingerprint density at radius 3 is 2.75 bits per heavy atom. The number of hydrogen-bond donors (Lipinski definition) is 1. The van der Waals surface area contributed by atoms with E-state index in [1.54, 1.807) is 20.8 Å². The van der Waals surface area contributed by atoms with Gasteiger partial charge >= 0.3 is 13.8 Å². The third-order valence-electron chi connectivity index (χ3n) is 5.23. The van der Waals surface area contributed by atoms with E-state index in [-0.39, 0.29) is 37.9 Å². The lowest BCUT2D eigenvalue weighted by Crippen LogP contribution is -2.60. The van der Waals surface area contributed by atoms with E-state index in [9.17, 15) is 18.9 Å². The highest BCUT2D eigenvalue weighted by Gasteiger charge is 2.60. The summed E-state index contributed by atoms with van der Waals surface area (Å²) in [6.45, 7) is 4.64. The van der Waals surface area contributed by atoms with Crippen LogP contribution in [0.3, 0.4) is 0 Å². The summed E-state index contributed by atoms with van der Waals surface area (Å²) >= 11 is 0. The first-order chi connectivity index (χ1) is 14.9. The van der Waals surface area contributed by atoms with Crippen LogP contribution in [-0.4, -0.2) is 79.1 Å². The van der Waals surface area contributed by atoms with Gasteiger partial charge in [-0.1, -0.05) is 0 Å². The van der Waals surface area contributed by atoms with Gasteiger partial charge in [-0.05, 0) is 26.8 Å². The number of carbonyl (C=O) groups excluding carboxylic acids is 3. The van der Waals surface area contributed by atoms with Gasteiger partial charge in [0, 0.05) is 13.3 Å². The Hall–Kier alpha value is -1.66. The molecule has 3 heterocycles. The highest BCUT2D eigenvalue weighted by molar-refractivity contribution is 7.48. The smallest absolute Gasteiger partial charge is 0.463 e. The molecule has 3 rings (SSSR count). The maximum Gasteiger partial charge on any atom is 0.475 e. The topological polar surface area (TPSA) is 153 Å². The Labute approximate surface area is 185 Å². The van der Waals surface area contributed by atoms with Crippen LogP contribution in [-0.2, 0) is 46.7 Å². The maximum atomic E-state index is 13.0. The summed E-state index contributed by atoms with van der Waals surface area (Å²) in [5.41, 5.74) is 5.16. The molecule has 2 fully saturated rings. The predicted molar refractivity (Wildman–Crippen MR) is 108 cm³/mol. The molecule has 0 aromatic rings. The number of nitrogens with two attached hydrogens (primary N) is 1. The van der Waals surface area contributed by atoms with Crippen LogP contribution in [0.25, 0.3) is 0 Å². The van der Waals surface area contributed by atoms with Crippen LogP contribution in [0.15, 0.2) is 12.3 Å². The maximum absolute atomic E-state index is 13.0. The van der Waals surface area contributed by atoms with E-state index in [1.165, 1.54) is 24.3 Å². The Bertz CT molecular complexity index is 829. The molecule has 2 N–H and O–H groups in total. The fourth-order valence-electron chi connectivity index (χ4n) is 3.64. The molecule has 0 spiro atoms. The van der Waals surface area contributed by atoms with Crippen LogP contribution in [0.1, 0.15) is 33.6 Å². The number of rotatable bonds is 8. The first kappa shape index (κ1) is 25.0. The van der Waals surface area contributed by atoms with Gasteiger partial charge in [-0.15, -0.1) is 0 Å². The quantitative estimate of drug-likeness (QED) is 0.298. The lowest BCUT2D eigenvalue weighted by atomic mass is 9.92. The van der Waals surface area contributed by atoms with Crippen molar-refractivity contribution >= 4 is 25.5 Å². The zero-order chi connectivity index (χ0) is 23.7. The molecule has 32 heavy (non-hydrogen) atoms. The summed E-state index contributed by atoms with van der Waals surface area (Å²) < 4.78 is 45.5. The number of phosphoric acid groups is 1. The minimum Gasteiger partial charge on any atom is -0.463 e. The minimum absolute atomic E-state index is 0.108. The molecule has 3 aliphatic heterocycles. The first-order valence-corrected chi connectivity index (χ1v) is 11.7. The van der Waals surface area contributed by atoms with E-state index < -0.39 is 49.8 Å². The van der Waals surface area contributed by atoms with Crippen LogP contribution in [0.5, 0.6) is 0 Å². The van der Waals surface area contributed by atoms with Gasteiger partial charge < -0.3 is 19.9 Å². The lowest BCUT2D eigenvalue weighted by molar-refractivity contribution is -0.151. The zero-order valence-corrected chi connectivity index (χ0v) is 19.3. The van der Waals surface area contributed by atoms with Crippen molar-refractivity contribution in [2.45, 2.75) is 69.8 Å². The van der Waals surface area contributed by atoms with Crippen molar-refractivity contribution in [1.82, 2.24) is 4.90 Å². The highest BCUT2D eigenvalue weighted by atomic mass is 31.2. The summed E-state index contributed by atoms with van der Waals surface area (Å²) in [7, 11) is -2.68. The summed E-state index contributed by atoms with van der Waals surface area (Å²) in [5, 5.41) is 0. The molecule has 3 aliphatic rings. The van der Waals surface area contributed by atoms with Crippen molar-refractivity contribution in [3.8, 4) is 0 Å². The molecular formula is C19H29N2O10P.